The minimum Gasteiger partial charge on any atom is -0.321 e. The summed E-state index contributed by atoms with van der Waals surface area (Å²) in [5.41, 5.74) is 7.61. The van der Waals surface area contributed by atoms with Crippen LogP contribution in [0.15, 0.2) is 42.5 Å². The van der Waals surface area contributed by atoms with Crippen LogP contribution < -0.4 is 5.73 Å². The van der Waals surface area contributed by atoms with Crippen molar-refractivity contribution in [2.75, 3.05) is 0 Å². The maximum Gasteiger partial charge on any atom is 0.0625 e. The summed E-state index contributed by atoms with van der Waals surface area (Å²) >= 11 is 18.4. The molecule has 0 aromatic heterocycles. The monoisotopic (exact) mass is 313 g/mol. The zero-order valence-corrected chi connectivity index (χ0v) is 12.7. The summed E-state index contributed by atoms with van der Waals surface area (Å²) < 4.78 is 0. The number of hydrogen-bond donors (Lipinski definition) is 1. The first-order valence-corrected chi connectivity index (χ1v) is 7.02. The molecule has 4 heteroatoms. The number of benzene rings is 2. The van der Waals surface area contributed by atoms with Crippen molar-refractivity contribution in [3.05, 3.63) is 68.7 Å². The molecule has 0 aliphatic heterocycles. The predicted octanol–water partition coefficient (Wildman–Crippen LogP) is 5.06. The lowest BCUT2D eigenvalue weighted by molar-refractivity contribution is 0.492. The molecule has 19 heavy (non-hydrogen) atoms. The lowest BCUT2D eigenvalue weighted by atomic mass is 9.86. The summed E-state index contributed by atoms with van der Waals surface area (Å²) in [6.07, 6.45) is 0.566. The lowest BCUT2D eigenvalue weighted by Crippen LogP contribution is -2.35. The number of halogens is 3. The third-order valence-corrected chi connectivity index (χ3v) is 4.27. The van der Waals surface area contributed by atoms with Crippen LogP contribution in [0.1, 0.15) is 18.1 Å². The van der Waals surface area contributed by atoms with Crippen LogP contribution in [-0.2, 0) is 12.0 Å². The molecule has 0 saturated heterocycles. The van der Waals surface area contributed by atoms with Crippen molar-refractivity contribution in [1.29, 1.82) is 0 Å². The van der Waals surface area contributed by atoms with Crippen molar-refractivity contribution in [1.82, 2.24) is 0 Å². The molecule has 0 fully saturated rings. The second kappa shape index (κ2) is 5.72. The molecule has 0 saturated carbocycles. The van der Waals surface area contributed by atoms with E-state index in [1.54, 1.807) is 6.07 Å². The molecule has 0 amide bonds. The average molecular weight is 315 g/mol. The highest BCUT2D eigenvalue weighted by Gasteiger charge is 2.25. The van der Waals surface area contributed by atoms with Crippen LogP contribution in [0, 0.1) is 0 Å². The Labute approximate surface area is 128 Å². The van der Waals surface area contributed by atoms with Crippen LogP contribution in [0.5, 0.6) is 0 Å². The summed E-state index contributed by atoms with van der Waals surface area (Å²) in [4.78, 5) is 0. The topological polar surface area (TPSA) is 26.0 Å². The van der Waals surface area contributed by atoms with E-state index in [9.17, 15) is 0 Å². The van der Waals surface area contributed by atoms with Crippen LogP contribution in [0.3, 0.4) is 0 Å². The Morgan fingerprint density at radius 2 is 1.58 bits per heavy atom. The van der Waals surface area contributed by atoms with Gasteiger partial charge in [0.15, 0.2) is 0 Å². The van der Waals surface area contributed by atoms with Crippen molar-refractivity contribution >= 4 is 34.8 Å². The molecule has 1 atom stereocenters. The zero-order chi connectivity index (χ0) is 14.0. The van der Waals surface area contributed by atoms with Gasteiger partial charge in [0.1, 0.15) is 0 Å². The Bertz CT molecular complexity index is 594. The molecule has 0 radical (unpaired) electrons. The molecule has 1 unspecified atom stereocenters. The maximum absolute atomic E-state index is 6.40. The highest BCUT2D eigenvalue weighted by molar-refractivity contribution is 6.42. The molecule has 2 rings (SSSR count). The van der Waals surface area contributed by atoms with E-state index in [-0.39, 0.29) is 0 Å². The van der Waals surface area contributed by atoms with Gasteiger partial charge in [-0.1, -0.05) is 65.1 Å². The molecule has 0 bridgehead atoms. The summed E-state index contributed by atoms with van der Waals surface area (Å²) in [6.45, 7) is 1.94. The van der Waals surface area contributed by atoms with E-state index in [2.05, 4.69) is 0 Å². The highest BCUT2D eigenvalue weighted by atomic mass is 35.5. The van der Waals surface area contributed by atoms with Gasteiger partial charge in [0.25, 0.3) is 0 Å². The minimum atomic E-state index is -0.604. The standard InChI is InChI=1S/C15H14Cl3N/c1-15(19,11-6-2-3-7-12(11)16)9-10-5-4-8-13(17)14(10)18/h2-8H,9,19H2,1H3. The molecule has 0 aliphatic rings. The molecule has 2 aromatic carbocycles. The minimum absolute atomic E-state index is 0.536. The number of rotatable bonds is 3. The Morgan fingerprint density at radius 3 is 2.26 bits per heavy atom. The Balaban J connectivity index is 2.36. The second-order valence-electron chi connectivity index (χ2n) is 4.79. The summed E-state index contributed by atoms with van der Waals surface area (Å²) in [5, 5.41) is 1.74. The SMILES string of the molecule is CC(N)(Cc1cccc(Cl)c1Cl)c1ccccc1Cl. The van der Waals surface area contributed by atoms with Crippen molar-refractivity contribution in [2.45, 2.75) is 18.9 Å². The first-order valence-electron chi connectivity index (χ1n) is 5.88. The van der Waals surface area contributed by atoms with Crippen LogP contribution in [0.2, 0.25) is 15.1 Å². The average Bonchev–Trinajstić information content (AvgIpc) is 2.35. The van der Waals surface area contributed by atoms with Crippen LogP contribution in [0.25, 0.3) is 0 Å². The van der Waals surface area contributed by atoms with Crippen molar-refractivity contribution in [3.63, 3.8) is 0 Å². The van der Waals surface area contributed by atoms with Crippen LogP contribution >= 0.6 is 34.8 Å². The molecular weight excluding hydrogens is 301 g/mol. The maximum atomic E-state index is 6.40. The van der Waals surface area contributed by atoms with E-state index in [0.717, 1.165) is 11.1 Å². The van der Waals surface area contributed by atoms with Gasteiger partial charge in [-0.25, -0.2) is 0 Å². The fraction of sp³-hybridized carbons (Fsp3) is 0.200. The molecule has 100 valence electrons. The first-order chi connectivity index (χ1) is 8.92. The molecule has 2 aromatic rings. The van der Waals surface area contributed by atoms with E-state index in [1.165, 1.54) is 0 Å². The number of nitrogens with two attached hydrogens (primary N) is 1. The van der Waals surface area contributed by atoms with Crippen molar-refractivity contribution in [2.24, 2.45) is 5.73 Å². The molecule has 0 heterocycles. The molecule has 2 N–H and O–H groups in total. The first kappa shape index (κ1) is 14.7. The quantitative estimate of drug-likeness (QED) is 0.841. The van der Waals surface area contributed by atoms with Crippen molar-refractivity contribution in [3.8, 4) is 0 Å². The van der Waals surface area contributed by atoms with Gasteiger partial charge in [0.2, 0.25) is 0 Å². The fourth-order valence-corrected chi connectivity index (χ4v) is 2.84. The van der Waals surface area contributed by atoms with Gasteiger partial charge in [-0.3, -0.25) is 0 Å². The number of hydrogen-bond acceptors (Lipinski definition) is 1. The summed E-state index contributed by atoms with van der Waals surface area (Å²) in [7, 11) is 0. The summed E-state index contributed by atoms with van der Waals surface area (Å²) in [5.74, 6) is 0. The zero-order valence-electron chi connectivity index (χ0n) is 10.5. The van der Waals surface area contributed by atoms with Gasteiger partial charge >= 0.3 is 0 Å². The van der Waals surface area contributed by atoms with Gasteiger partial charge in [-0.05, 0) is 36.6 Å². The third-order valence-electron chi connectivity index (χ3n) is 3.08. The van der Waals surface area contributed by atoms with Gasteiger partial charge < -0.3 is 5.73 Å². The van der Waals surface area contributed by atoms with E-state index >= 15 is 0 Å². The van der Waals surface area contributed by atoms with E-state index < -0.39 is 5.54 Å². The normalized spacial score (nSPS) is 14.2. The largest absolute Gasteiger partial charge is 0.321 e. The summed E-state index contributed by atoms with van der Waals surface area (Å²) in [6, 6.07) is 13.1. The molecule has 1 nitrogen and oxygen atoms in total. The molecule has 0 spiro atoms. The molecular formula is C15H14Cl3N. The van der Waals surface area contributed by atoms with Crippen LogP contribution in [0.4, 0.5) is 0 Å². The Hall–Kier alpha value is -0.730. The third kappa shape index (κ3) is 3.24. The van der Waals surface area contributed by atoms with E-state index in [1.807, 2.05) is 43.3 Å². The van der Waals surface area contributed by atoms with Gasteiger partial charge in [-0.2, -0.15) is 0 Å². The van der Waals surface area contributed by atoms with E-state index in [0.29, 0.717) is 21.5 Å². The lowest BCUT2D eigenvalue weighted by Gasteiger charge is -2.27. The smallest absolute Gasteiger partial charge is 0.0625 e. The highest BCUT2D eigenvalue weighted by Crippen LogP contribution is 2.33. The molecule has 0 aliphatic carbocycles. The van der Waals surface area contributed by atoms with Gasteiger partial charge in [0.05, 0.1) is 10.0 Å². The van der Waals surface area contributed by atoms with Gasteiger partial charge in [0, 0.05) is 10.6 Å². The van der Waals surface area contributed by atoms with Crippen LogP contribution in [-0.4, -0.2) is 0 Å². The fourth-order valence-electron chi connectivity index (χ4n) is 2.10. The Kier molecular flexibility index (Phi) is 4.42. The van der Waals surface area contributed by atoms with Gasteiger partial charge in [-0.15, -0.1) is 0 Å². The van der Waals surface area contributed by atoms with E-state index in [4.69, 9.17) is 40.5 Å². The predicted molar refractivity (Wildman–Crippen MR) is 83.2 cm³/mol. The van der Waals surface area contributed by atoms with Crippen molar-refractivity contribution < 1.29 is 0 Å². The Morgan fingerprint density at radius 1 is 0.947 bits per heavy atom. The second-order valence-corrected chi connectivity index (χ2v) is 5.98.